The zero-order valence-electron chi connectivity index (χ0n) is 15.7. The van der Waals surface area contributed by atoms with E-state index in [2.05, 4.69) is 29.4 Å². The molecule has 0 radical (unpaired) electrons. The number of aromatic nitrogens is 4. The van der Waals surface area contributed by atoms with Gasteiger partial charge < -0.3 is 9.80 Å². The predicted molar refractivity (Wildman–Crippen MR) is 108 cm³/mol. The number of fused-ring (bicyclic) bond motifs is 1. The van der Waals surface area contributed by atoms with Gasteiger partial charge in [-0.25, -0.2) is 9.37 Å². The average Bonchev–Trinajstić information content (AvgIpc) is 3.34. The van der Waals surface area contributed by atoms with Crippen LogP contribution >= 0.6 is 11.5 Å². The first kappa shape index (κ1) is 17.5. The van der Waals surface area contributed by atoms with E-state index < -0.39 is 0 Å². The maximum atomic E-state index is 13.7. The SMILES string of the molecule is Cc1nsc(-c2ccc(N3CCC(N4CCc5ccc(F)cc54)CC3)nn2)n1. The fraction of sp³-hybridized carbons (Fsp3) is 0.400. The van der Waals surface area contributed by atoms with E-state index in [1.807, 2.05) is 25.1 Å². The summed E-state index contributed by atoms with van der Waals surface area (Å²) in [6.45, 7) is 4.72. The molecule has 2 aromatic heterocycles. The van der Waals surface area contributed by atoms with Gasteiger partial charge in [-0.2, -0.15) is 4.37 Å². The maximum absolute atomic E-state index is 13.7. The molecule has 1 aromatic carbocycles. The third-order valence-corrected chi connectivity index (χ3v) is 6.43. The summed E-state index contributed by atoms with van der Waals surface area (Å²) in [7, 11) is 0. The lowest BCUT2D eigenvalue weighted by Gasteiger charge is -2.38. The van der Waals surface area contributed by atoms with Crippen molar-refractivity contribution in [1.29, 1.82) is 0 Å². The molecule has 0 unspecified atom stereocenters. The van der Waals surface area contributed by atoms with Crippen molar-refractivity contribution in [2.75, 3.05) is 29.4 Å². The summed E-state index contributed by atoms with van der Waals surface area (Å²) in [6, 6.07) is 9.62. The molecule has 6 nitrogen and oxygen atoms in total. The molecule has 0 N–H and O–H groups in total. The van der Waals surface area contributed by atoms with Crippen LogP contribution in [-0.4, -0.2) is 45.2 Å². The van der Waals surface area contributed by atoms with Crippen LogP contribution in [0, 0.1) is 12.7 Å². The topological polar surface area (TPSA) is 58.0 Å². The van der Waals surface area contributed by atoms with E-state index in [0.717, 1.165) is 66.9 Å². The van der Waals surface area contributed by atoms with Crippen LogP contribution in [0.15, 0.2) is 30.3 Å². The van der Waals surface area contributed by atoms with Crippen LogP contribution in [0.4, 0.5) is 15.9 Å². The first-order valence-corrected chi connectivity index (χ1v) is 10.4. The van der Waals surface area contributed by atoms with E-state index in [1.54, 1.807) is 12.1 Å². The molecule has 3 aromatic rings. The van der Waals surface area contributed by atoms with Gasteiger partial charge in [0.2, 0.25) is 0 Å². The molecule has 5 rings (SSSR count). The summed E-state index contributed by atoms with van der Waals surface area (Å²) in [5.41, 5.74) is 3.10. The van der Waals surface area contributed by atoms with Crippen molar-refractivity contribution in [3.05, 3.63) is 47.5 Å². The standard InChI is InChI=1S/C20H21FN6S/c1-13-22-20(28-25-13)17-4-5-19(24-23-17)26-9-7-16(8-10-26)27-11-6-14-2-3-15(21)12-18(14)27/h2-5,12,16H,6-11H2,1H3. The second kappa shape index (κ2) is 7.09. The number of nitrogens with zero attached hydrogens (tertiary/aromatic N) is 6. The second-order valence-electron chi connectivity index (χ2n) is 7.36. The quantitative estimate of drug-likeness (QED) is 0.676. The maximum Gasteiger partial charge on any atom is 0.164 e. The Kier molecular flexibility index (Phi) is 4.43. The second-order valence-corrected chi connectivity index (χ2v) is 8.11. The number of halogens is 1. The molecule has 0 bridgehead atoms. The first-order valence-electron chi connectivity index (χ1n) is 9.62. The summed E-state index contributed by atoms with van der Waals surface area (Å²) >= 11 is 1.34. The number of anilines is 2. The van der Waals surface area contributed by atoms with Gasteiger partial charge in [-0.1, -0.05) is 6.07 Å². The fourth-order valence-corrected chi connectivity index (χ4v) is 4.81. The zero-order chi connectivity index (χ0) is 19.1. The lowest BCUT2D eigenvalue weighted by molar-refractivity contribution is 0.469. The molecule has 2 aliphatic heterocycles. The van der Waals surface area contributed by atoms with Crippen LogP contribution < -0.4 is 9.80 Å². The van der Waals surface area contributed by atoms with Crippen molar-refractivity contribution in [2.45, 2.75) is 32.2 Å². The highest BCUT2D eigenvalue weighted by molar-refractivity contribution is 7.09. The minimum Gasteiger partial charge on any atom is -0.368 e. The molecule has 8 heteroatoms. The number of rotatable bonds is 3. The van der Waals surface area contributed by atoms with Crippen molar-refractivity contribution in [2.24, 2.45) is 0 Å². The van der Waals surface area contributed by atoms with Gasteiger partial charge in [-0.15, -0.1) is 10.2 Å². The molecular formula is C20H21FN6S. The first-order chi connectivity index (χ1) is 13.7. The number of benzene rings is 1. The van der Waals surface area contributed by atoms with Crippen LogP contribution in [0.3, 0.4) is 0 Å². The minimum absolute atomic E-state index is 0.149. The van der Waals surface area contributed by atoms with Gasteiger partial charge in [0, 0.05) is 31.4 Å². The molecule has 0 saturated carbocycles. The Balaban J connectivity index is 1.25. The van der Waals surface area contributed by atoms with Crippen molar-refractivity contribution in [1.82, 2.24) is 19.6 Å². The third kappa shape index (κ3) is 3.22. The highest BCUT2D eigenvalue weighted by Crippen LogP contribution is 2.33. The fourth-order valence-electron chi connectivity index (χ4n) is 4.17. The Morgan fingerprint density at radius 2 is 1.93 bits per heavy atom. The lowest BCUT2D eigenvalue weighted by atomic mass is 10.0. The Bertz CT molecular complexity index is 981. The monoisotopic (exact) mass is 396 g/mol. The summed E-state index contributed by atoms with van der Waals surface area (Å²) < 4.78 is 17.9. The molecule has 4 heterocycles. The molecule has 0 atom stereocenters. The zero-order valence-corrected chi connectivity index (χ0v) is 16.5. The molecule has 0 amide bonds. The van der Waals surface area contributed by atoms with Crippen molar-refractivity contribution >= 4 is 23.0 Å². The van der Waals surface area contributed by atoms with Crippen LogP contribution in [0.2, 0.25) is 0 Å². The van der Waals surface area contributed by atoms with Gasteiger partial charge in [0.1, 0.15) is 17.3 Å². The highest BCUT2D eigenvalue weighted by Gasteiger charge is 2.30. The van der Waals surface area contributed by atoms with E-state index in [0.29, 0.717) is 6.04 Å². The normalized spacial score (nSPS) is 17.2. The number of hydrogen-bond donors (Lipinski definition) is 0. The summed E-state index contributed by atoms with van der Waals surface area (Å²) in [5.74, 6) is 1.51. The third-order valence-electron chi connectivity index (χ3n) is 5.61. The van der Waals surface area contributed by atoms with Gasteiger partial charge in [-0.3, -0.25) is 0 Å². The number of aryl methyl sites for hydroxylation is 1. The lowest BCUT2D eigenvalue weighted by Crippen LogP contribution is -2.44. The van der Waals surface area contributed by atoms with Gasteiger partial charge in [0.05, 0.1) is 0 Å². The molecule has 144 valence electrons. The number of piperidine rings is 1. The molecule has 28 heavy (non-hydrogen) atoms. The van der Waals surface area contributed by atoms with Crippen LogP contribution in [0.25, 0.3) is 10.7 Å². The van der Waals surface area contributed by atoms with Crippen LogP contribution in [-0.2, 0) is 6.42 Å². The highest BCUT2D eigenvalue weighted by atomic mass is 32.1. The van der Waals surface area contributed by atoms with Gasteiger partial charge in [0.15, 0.2) is 10.8 Å². The van der Waals surface area contributed by atoms with E-state index in [-0.39, 0.29) is 5.82 Å². The summed E-state index contributed by atoms with van der Waals surface area (Å²) in [4.78, 5) is 9.03. The van der Waals surface area contributed by atoms with Gasteiger partial charge >= 0.3 is 0 Å². The largest absolute Gasteiger partial charge is 0.368 e. The van der Waals surface area contributed by atoms with E-state index in [1.165, 1.54) is 17.1 Å². The summed E-state index contributed by atoms with van der Waals surface area (Å²) in [6.07, 6.45) is 3.08. The van der Waals surface area contributed by atoms with E-state index >= 15 is 0 Å². The molecule has 1 fully saturated rings. The van der Waals surface area contributed by atoms with Crippen LogP contribution in [0.1, 0.15) is 24.2 Å². The Morgan fingerprint density at radius 3 is 2.64 bits per heavy atom. The molecule has 2 aliphatic rings. The predicted octanol–water partition coefficient (Wildman–Crippen LogP) is 3.47. The Labute approximate surface area is 167 Å². The van der Waals surface area contributed by atoms with Gasteiger partial charge in [-0.05, 0) is 67.5 Å². The molecule has 1 saturated heterocycles. The molecule has 0 aliphatic carbocycles. The van der Waals surface area contributed by atoms with Crippen molar-refractivity contribution in [3.8, 4) is 10.7 Å². The Morgan fingerprint density at radius 1 is 1.07 bits per heavy atom. The van der Waals surface area contributed by atoms with E-state index in [4.69, 9.17) is 0 Å². The average molecular weight is 396 g/mol. The van der Waals surface area contributed by atoms with Crippen molar-refractivity contribution in [3.63, 3.8) is 0 Å². The molecular weight excluding hydrogens is 375 g/mol. The van der Waals surface area contributed by atoms with Gasteiger partial charge in [0.25, 0.3) is 0 Å². The van der Waals surface area contributed by atoms with E-state index in [9.17, 15) is 4.39 Å². The number of hydrogen-bond acceptors (Lipinski definition) is 7. The summed E-state index contributed by atoms with van der Waals surface area (Å²) in [5, 5.41) is 9.55. The Hall–Kier alpha value is -2.61. The van der Waals surface area contributed by atoms with Crippen LogP contribution in [0.5, 0.6) is 0 Å². The molecule has 0 spiro atoms. The van der Waals surface area contributed by atoms with Crippen molar-refractivity contribution < 1.29 is 4.39 Å². The minimum atomic E-state index is -0.149. The smallest absolute Gasteiger partial charge is 0.164 e.